The third-order valence-corrected chi connectivity index (χ3v) is 2.88. The van der Waals surface area contributed by atoms with E-state index in [4.69, 9.17) is 16.0 Å². The van der Waals surface area contributed by atoms with Gasteiger partial charge >= 0.3 is 0 Å². The zero-order valence-corrected chi connectivity index (χ0v) is 11.0. The van der Waals surface area contributed by atoms with Crippen LogP contribution in [-0.4, -0.2) is 6.54 Å². The van der Waals surface area contributed by atoms with Gasteiger partial charge in [0.15, 0.2) is 5.22 Å². The Morgan fingerprint density at radius 3 is 2.62 bits per heavy atom. The van der Waals surface area contributed by atoms with Crippen molar-refractivity contribution in [2.45, 2.75) is 52.0 Å². The van der Waals surface area contributed by atoms with Gasteiger partial charge in [-0.2, -0.15) is 0 Å². The van der Waals surface area contributed by atoms with Crippen LogP contribution in [0.1, 0.15) is 57.8 Å². The zero-order chi connectivity index (χ0) is 11.8. The molecule has 0 saturated carbocycles. The number of hydrogen-bond acceptors (Lipinski definition) is 2. The van der Waals surface area contributed by atoms with Crippen LogP contribution in [0.2, 0.25) is 5.22 Å². The smallest absolute Gasteiger partial charge is 0.193 e. The molecule has 0 radical (unpaired) electrons. The summed E-state index contributed by atoms with van der Waals surface area (Å²) >= 11 is 5.81. The Kier molecular flexibility index (Phi) is 6.58. The lowest BCUT2D eigenvalue weighted by Gasteiger charge is -2.15. The SMILES string of the molecule is CCCCCC(NCCC)c1ccc(Cl)o1. The number of hydrogen-bond donors (Lipinski definition) is 1. The number of nitrogens with one attached hydrogen (secondary N) is 1. The number of furan rings is 1. The second-order valence-corrected chi connectivity index (χ2v) is 4.52. The highest BCUT2D eigenvalue weighted by molar-refractivity contribution is 6.28. The van der Waals surface area contributed by atoms with Crippen LogP contribution in [0.25, 0.3) is 0 Å². The molecule has 16 heavy (non-hydrogen) atoms. The first-order chi connectivity index (χ1) is 7.77. The first-order valence-electron chi connectivity index (χ1n) is 6.26. The fourth-order valence-electron chi connectivity index (χ4n) is 1.78. The molecule has 1 heterocycles. The third kappa shape index (κ3) is 4.58. The van der Waals surface area contributed by atoms with Crippen LogP contribution in [0.3, 0.4) is 0 Å². The lowest BCUT2D eigenvalue weighted by molar-refractivity contribution is 0.386. The van der Waals surface area contributed by atoms with Crippen molar-refractivity contribution in [2.75, 3.05) is 6.54 Å². The molecule has 0 aliphatic heterocycles. The minimum Gasteiger partial charge on any atom is -0.448 e. The molecule has 92 valence electrons. The first kappa shape index (κ1) is 13.6. The van der Waals surface area contributed by atoms with Gasteiger partial charge in [0.25, 0.3) is 0 Å². The van der Waals surface area contributed by atoms with Gasteiger partial charge in [-0.15, -0.1) is 0 Å². The molecule has 1 aromatic rings. The normalized spacial score (nSPS) is 12.9. The second kappa shape index (κ2) is 7.75. The molecule has 3 heteroatoms. The molecular formula is C13H22ClNO. The van der Waals surface area contributed by atoms with E-state index in [-0.39, 0.29) is 0 Å². The van der Waals surface area contributed by atoms with Gasteiger partial charge in [0, 0.05) is 0 Å². The maximum Gasteiger partial charge on any atom is 0.193 e. The van der Waals surface area contributed by atoms with Gasteiger partial charge in [-0.25, -0.2) is 0 Å². The molecule has 1 atom stereocenters. The van der Waals surface area contributed by atoms with Crippen LogP contribution in [0, 0.1) is 0 Å². The largest absolute Gasteiger partial charge is 0.448 e. The van der Waals surface area contributed by atoms with Crippen LogP contribution in [0.4, 0.5) is 0 Å². The van der Waals surface area contributed by atoms with Crippen molar-refractivity contribution in [3.63, 3.8) is 0 Å². The highest BCUT2D eigenvalue weighted by Crippen LogP contribution is 2.24. The molecular weight excluding hydrogens is 222 g/mol. The topological polar surface area (TPSA) is 25.2 Å². The molecule has 0 saturated heterocycles. The van der Waals surface area contributed by atoms with Crippen molar-refractivity contribution in [3.05, 3.63) is 23.1 Å². The lowest BCUT2D eigenvalue weighted by Crippen LogP contribution is -2.21. The average Bonchev–Trinajstić information content (AvgIpc) is 2.70. The molecule has 1 N–H and O–H groups in total. The van der Waals surface area contributed by atoms with E-state index in [1.165, 1.54) is 19.3 Å². The Morgan fingerprint density at radius 2 is 2.06 bits per heavy atom. The Balaban J connectivity index is 2.49. The van der Waals surface area contributed by atoms with Gasteiger partial charge < -0.3 is 9.73 Å². The molecule has 0 bridgehead atoms. The van der Waals surface area contributed by atoms with E-state index in [2.05, 4.69) is 19.2 Å². The van der Waals surface area contributed by atoms with E-state index >= 15 is 0 Å². The van der Waals surface area contributed by atoms with Crippen molar-refractivity contribution in [1.29, 1.82) is 0 Å². The molecule has 0 aliphatic carbocycles. The van der Waals surface area contributed by atoms with Crippen molar-refractivity contribution in [2.24, 2.45) is 0 Å². The van der Waals surface area contributed by atoms with E-state index in [0.717, 1.165) is 25.1 Å². The molecule has 1 aromatic heterocycles. The average molecular weight is 244 g/mol. The molecule has 0 aromatic carbocycles. The monoisotopic (exact) mass is 243 g/mol. The van der Waals surface area contributed by atoms with Crippen molar-refractivity contribution >= 4 is 11.6 Å². The van der Waals surface area contributed by atoms with Gasteiger partial charge in [0.2, 0.25) is 0 Å². The van der Waals surface area contributed by atoms with Crippen molar-refractivity contribution in [3.8, 4) is 0 Å². The minimum absolute atomic E-state index is 0.319. The number of rotatable bonds is 8. The van der Waals surface area contributed by atoms with Crippen molar-refractivity contribution in [1.82, 2.24) is 5.32 Å². The predicted molar refractivity (Wildman–Crippen MR) is 68.9 cm³/mol. The molecule has 1 rings (SSSR count). The standard InChI is InChI=1S/C13H22ClNO/c1-3-5-6-7-11(15-10-4-2)12-8-9-13(14)16-12/h8-9,11,15H,3-7,10H2,1-2H3. The van der Waals surface area contributed by atoms with Crippen molar-refractivity contribution < 1.29 is 4.42 Å². The third-order valence-electron chi connectivity index (χ3n) is 2.67. The number of halogens is 1. The maximum atomic E-state index is 5.81. The van der Waals surface area contributed by atoms with Crippen LogP contribution in [-0.2, 0) is 0 Å². The fraction of sp³-hybridized carbons (Fsp3) is 0.692. The summed E-state index contributed by atoms with van der Waals surface area (Å²) < 4.78 is 5.48. The lowest BCUT2D eigenvalue weighted by atomic mass is 10.1. The summed E-state index contributed by atoms with van der Waals surface area (Å²) in [6.07, 6.45) is 6.02. The maximum absolute atomic E-state index is 5.81. The van der Waals surface area contributed by atoms with Gasteiger partial charge in [-0.05, 0) is 43.1 Å². The van der Waals surface area contributed by atoms with Gasteiger partial charge in [-0.1, -0.05) is 33.1 Å². The van der Waals surface area contributed by atoms with Crippen LogP contribution in [0.15, 0.2) is 16.5 Å². The minimum atomic E-state index is 0.319. The van der Waals surface area contributed by atoms with E-state index in [9.17, 15) is 0 Å². The summed E-state index contributed by atoms with van der Waals surface area (Å²) in [5.41, 5.74) is 0. The van der Waals surface area contributed by atoms with E-state index in [1.807, 2.05) is 12.1 Å². The van der Waals surface area contributed by atoms with Gasteiger partial charge in [0.05, 0.1) is 6.04 Å². The molecule has 0 spiro atoms. The summed E-state index contributed by atoms with van der Waals surface area (Å²) in [7, 11) is 0. The Bertz CT molecular complexity index is 285. The summed E-state index contributed by atoms with van der Waals surface area (Å²) in [5.74, 6) is 0.967. The second-order valence-electron chi connectivity index (χ2n) is 4.14. The Morgan fingerprint density at radius 1 is 1.25 bits per heavy atom. The quantitative estimate of drug-likeness (QED) is 0.678. The molecule has 0 amide bonds. The Hall–Kier alpha value is -0.470. The zero-order valence-electron chi connectivity index (χ0n) is 10.3. The fourth-order valence-corrected chi connectivity index (χ4v) is 1.93. The Labute approximate surface area is 103 Å². The number of unbranched alkanes of at least 4 members (excludes halogenated alkanes) is 2. The van der Waals surface area contributed by atoms with Crippen LogP contribution >= 0.6 is 11.6 Å². The molecule has 1 unspecified atom stereocenters. The highest BCUT2D eigenvalue weighted by Gasteiger charge is 2.13. The summed E-state index contributed by atoms with van der Waals surface area (Å²) in [6, 6.07) is 4.11. The summed E-state index contributed by atoms with van der Waals surface area (Å²) in [5, 5.41) is 3.99. The molecule has 0 fully saturated rings. The predicted octanol–water partition coefficient (Wildman–Crippen LogP) is 4.55. The van der Waals surface area contributed by atoms with Crippen LogP contribution in [0.5, 0.6) is 0 Å². The molecule has 0 aliphatic rings. The van der Waals surface area contributed by atoms with Crippen LogP contribution < -0.4 is 5.32 Å². The molecule has 2 nitrogen and oxygen atoms in total. The summed E-state index contributed by atoms with van der Waals surface area (Å²) in [6.45, 7) is 5.42. The van der Waals surface area contributed by atoms with Gasteiger partial charge in [0.1, 0.15) is 5.76 Å². The first-order valence-corrected chi connectivity index (χ1v) is 6.64. The van der Waals surface area contributed by atoms with Gasteiger partial charge in [-0.3, -0.25) is 0 Å². The van der Waals surface area contributed by atoms with E-state index in [1.54, 1.807) is 0 Å². The summed E-state index contributed by atoms with van der Waals surface area (Å²) in [4.78, 5) is 0. The highest BCUT2D eigenvalue weighted by atomic mass is 35.5. The van der Waals surface area contributed by atoms with E-state index in [0.29, 0.717) is 11.3 Å². The van der Waals surface area contributed by atoms with E-state index < -0.39 is 0 Å².